The molecule has 0 saturated carbocycles. The van der Waals surface area contributed by atoms with Crippen LogP contribution in [0.3, 0.4) is 0 Å². The van der Waals surface area contributed by atoms with Crippen LogP contribution in [0.15, 0.2) is 71.0 Å². The summed E-state index contributed by atoms with van der Waals surface area (Å²) in [6.45, 7) is 3.29. The van der Waals surface area contributed by atoms with Crippen molar-refractivity contribution < 1.29 is 38.1 Å². The Hall–Kier alpha value is -4.94. The minimum absolute atomic E-state index is 0.174. The SMILES string of the molecule is CCOC(=O)C1=C(C)NC(=O)N[C@H]1c1ccc(OCC(=O)N/N=C\c2cc(Cl)c(OCc3ccccc3Cl)c(OC)c2)c(OC)c1. The number of esters is 1. The lowest BCUT2D eigenvalue weighted by molar-refractivity contribution is -0.139. The van der Waals surface area contributed by atoms with Gasteiger partial charge in [0.2, 0.25) is 0 Å². The first-order chi connectivity index (χ1) is 22.1. The molecule has 1 aliphatic rings. The first-order valence-electron chi connectivity index (χ1n) is 14.0. The molecule has 0 spiro atoms. The molecule has 0 radical (unpaired) electrons. The molecule has 0 aliphatic carbocycles. The standard InChI is InChI=1S/C32H32Cl2N4O8/c1-5-44-31(40)28-18(2)36-32(41)37-29(28)20-10-11-24(25(14-20)42-3)45-17-27(39)38-35-15-19-12-23(34)30(26(13-19)43-4)46-16-21-8-6-7-9-22(21)33/h6-15,29H,5,16-17H2,1-4H3,(H,38,39)(H2,36,37,41)/b35-15-/t29-/m0/s1. The molecule has 0 saturated heterocycles. The Morgan fingerprint density at radius 1 is 0.978 bits per heavy atom. The van der Waals surface area contributed by atoms with Crippen LogP contribution >= 0.6 is 23.2 Å². The molecule has 12 nitrogen and oxygen atoms in total. The fourth-order valence-corrected chi connectivity index (χ4v) is 4.94. The predicted octanol–water partition coefficient (Wildman–Crippen LogP) is 5.31. The van der Waals surface area contributed by atoms with Gasteiger partial charge in [-0.3, -0.25) is 4.79 Å². The molecular formula is C32H32Cl2N4O8. The number of benzene rings is 3. The van der Waals surface area contributed by atoms with E-state index in [0.717, 1.165) is 5.56 Å². The van der Waals surface area contributed by atoms with E-state index >= 15 is 0 Å². The summed E-state index contributed by atoms with van der Waals surface area (Å²) in [5.41, 5.74) is 4.90. The van der Waals surface area contributed by atoms with Gasteiger partial charge >= 0.3 is 12.0 Å². The van der Waals surface area contributed by atoms with Gasteiger partial charge in [-0.2, -0.15) is 5.10 Å². The molecule has 1 heterocycles. The number of rotatable bonds is 13. The molecule has 3 aromatic rings. The van der Waals surface area contributed by atoms with Gasteiger partial charge in [-0.15, -0.1) is 0 Å². The highest BCUT2D eigenvalue weighted by Gasteiger charge is 2.32. The molecule has 242 valence electrons. The van der Waals surface area contributed by atoms with Gasteiger partial charge in [-0.05, 0) is 55.3 Å². The van der Waals surface area contributed by atoms with E-state index in [1.807, 2.05) is 18.2 Å². The summed E-state index contributed by atoms with van der Waals surface area (Å²) in [5, 5.41) is 10.1. The van der Waals surface area contributed by atoms with Crippen LogP contribution < -0.4 is 35.0 Å². The number of amides is 3. The average Bonchev–Trinajstić information content (AvgIpc) is 3.03. The van der Waals surface area contributed by atoms with Gasteiger partial charge in [0.05, 0.1) is 43.7 Å². The molecule has 1 aliphatic heterocycles. The molecule has 46 heavy (non-hydrogen) atoms. The first-order valence-corrected chi connectivity index (χ1v) is 14.7. The topological polar surface area (TPSA) is 146 Å². The van der Waals surface area contributed by atoms with Gasteiger partial charge in [-0.1, -0.05) is 47.5 Å². The highest BCUT2D eigenvalue weighted by Crippen LogP contribution is 2.37. The lowest BCUT2D eigenvalue weighted by atomic mass is 9.95. The summed E-state index contributed by atoms with van der Waals surface area (Å²) in [4.78, 5) is 37.3. The van der Waals surface area contributed by atoms with Gasteiger partial charge in [-0.25, -0.2) is 15.0 Å². The van der Waals surface area contributed by atoms with Crippen LogP contribution in [-0.2, 0) is 20.9 Å². The van der Waals surface area contributed by atoms with Crippen molar-refractivity contribution in [1.82, 2.24) is 16.1 Å². The zero-order valence-corrected chi connectivity index (χ0v) is 27.0. The Kier molecular flexibility index (Phi) is 11.7. The van der Waals surface area contributed by atoms with E-state index in [4.69, 9.17) is 46.9 Å². The minimum atomic E-state index is -0.788. The number of hydrazone groups is 1. The summed E-state index contributed by atoms with van der Waals surface area (Å²) < 4.78 is 27.6. The van der Waals surface area contributed by atoms with Gasteiger partial charge in [0.1, 0.15) is 6.61 Å². The molecule has 0 unspecified atom stereocenters. The van der Waals surface area contributed by atoms with Crippen molar-refractivity contribution in [2.75, 3.05) is 27.4 Å². The molecular weight excluding hydrogens is 639 g/mol. The third-order valence-corrected chi connectivity index (χ3v) is 7.28. The fraction of sp³-hybridized carbons (Fsp3) is 0.250. The van der Waals surface area contributed by atoms with Gasteiger partial charge < -0.3 is 34.3 Å². The van der Waals surface area contributed by atoms with Crippen LogP contribution in [0.4, 0.5) is 4.79 Å². The van der Waals surface area contributed by atoms with Crippen LogP contribution in [0.1, 0.15) is 36.6 Å². The number of carbonyl (C=O) groups is 3. The molecule has 3 amide bonds. The Morgan fingerprint density at radius 2 is 1.74 bits per heavy atom. The molecule has 4 rings (SSSR count). The second kappa shape index (κ2) is 15.9. The van der Waals surface area contributed by atoms with E-state index < -0.39 is 23.9 Å². The number of carbonyl (C=O) groups excluding carboxylic acids is 3. The van der Waals surface area contributed by atoms with Crippen molar-refractivity contribution in [1.29, 1.82) is 0 Å². The van der Waals surface area contributed by atoms with Crippen LogP contribution in [0, 0.1) is 0 Å². The average molecular weight is 672 g/mol. The summed E-state index contributed by atoms with van der Waals surface area (Å²) in [6.07, 6.45) is 1.39. The van der Waals surface area contributed by atoms with E-state index in [0.29, 0.717) is 33.3 Å². The maximum atomic E-state index is 12.6. The van der Waals surface area contributed by atoms with Gasteiger partial charge in [0.15, 0.2) is 29.6 Å². The Bertz CT molecular complexity index is 1680. The molecule has 1 atom stereocenters. The normalized spacial score (nSPS) is 14.3. The second-order valence-corrected chi connectivity index (χ2v) is 10.5. The van der Waals surface area contributed by atoms with Gasteiger partial charge in [0, 0.05) is 16.3 Å². The zero-order valence-electron chi connectivity index (χ0n) is 25.4. The van der Waals surface area contributed by atoms with E-state index in [2.05, 4.69) is 21.2 Å². The maximum Gasteiger partial charge on any atom is 0.338 e. The number of urea groups is 1. The second-order valence-electron chi connectivity index (χ2n) is 9.70. The summed E-state index contributed by atoms with van der Waals surface area (Å²) in [6, 6.07) is 14.1. The third kappa shape index (κ3) is 8.40. The fourth-order valence-electron chi connectivity index (χ4n) is 4.48. The highest BCUT2D eigenvalue weighted by molar-refractivity contribution is 6.32. The zero-order chi connectivity index (χ0) is 33.2. The molecule has 14 heteroatoms. The number of halogens is 2. The number of ether oxygens (including phenoxy) is 5. The first kappa shape index (κ1) is 33.9. The van der Waals surface area contributed by atoms with Crippen molar-refractivity contribution in [3.63, 3.8) is 0 Å². The van der Waals surface area contributed by atoms with Crippen molar-refractivity contribution in [2.24, 2.45) is 5.10 Å². The summed E-state index contributed by atoms with van der Waals surface area (Å²) >= 11 is 12.7. The van der Waals surface area contributed by atoms with Crippen LogP contribution in [0.5, 0.6) is 23.0 Å². The van der Waals surface area contributed by atoms with E-state index in [1.54, 1.807) is 50.2 Å². The van der Waals surface area contributed by atoms with E-state index in [9.17, 15) is 14.4 Å². The number of hydrogen-bond acceptors (Lipinski definition) is 9. The lowest BCUT2D eigenvalue weighted by Gasteiger charge is -2.28. The van der Waals surface area contributed by atoms with Crippen LogP contribution in [0.25, 0.3) is 0 Å². The van der Waals surface area contributed by atoms with E-state index in [-0.39, 0.29) is 41.9 Å². The molecule has 0 aromatic heterocycles. The Morgan fingerprint density at radius 3 is 2.46 bits per heavy atom. The van der Waals surface area contributed by atoms with Crippen LogP contribution in [-0.4, -0.2) is 51.6 Å². The number of hydrogen-bond donors (Lipinski definition) is 3. The quantitative estimate of drug-likeness (QED) is 0.126. The van der Waals surface area contributed by atoms with Crippen molar-refractivity contribution in [3.8, 4) is 23.0 Å². The highest BCUT2D eigenvalue weighted by atomic mass is 35.5. The Labute approximate surface area is 275 Å². The van der Waals surface area contributed by atoms with Crippen molar-refractivity contribution >= 4 is 47.3 Å². The number of allylic oxidation sites excluding steroid dienone is 1. The number of nitrogens with zero attached hydrogens (tertiary/aromatic N) is 1. The summed E-state index contributed by atoms with van der Waals surface area (Å²) in [5.74, 6) is 0.134. The third-order valence-electron chi connectivity index (χ3n) is 6.63. The van der Waals surface area contributed by atoms with Crippen LogP contribution in [0.2, 0.25) is 10.0 Å². The van der Waals surface area contributed by atoms with Crippen molar-refractivity contribution in [3.05, 3.63) is 92.6 Å². The van der Waals surface area contributed by atoms with E-state index in [1.165, 1.54) is 20.4 Å². The van der Waals surface area contributed by atoms with Crippen molar-refractivity contribution in [2.45, 2.75) is 26.5 Å². The predicted molar refractivity (Wildman–Crippen MR) is 172 cm³/mol. The number of methoxy groups -OCH3 is 2. The smallest absolute Gasteiger partial charge is 0.338 e. The minimum Gasteiger partial charge on any atom is -0.493 e. The molecule has 0 fully saturated rings. The Balaban J connectivity index is 1.38. The summed E-state index contributed by atoms with van der Waals surface area (Å²) in [7, 11) is 2.91. The molecule has 3 aromatic carbocycles. The molecule has 0 bridgehead atoms. The largest absolute Gasteiger partial charge is 0.493 e. The maximum absolute atomic E-state index is 12.6. The monoisotopic (exact) mass is 670 g/mol. The molecule has 3 N–H and O–H groups in total. The number of nitrogens with one attached hydrogen (secondary N) is 3. The van der Waals surface area contributed by atoms with Gasteiger partial charge in [0.25, 0.3) is 5.91 Å². The lowest BCUT2D eigenvalue weighted by Crippen LogP contribution is -2.45.